The first-order valence-electron chi connectivity index (χ1n) is 8.62. The predicted octanol–water partition coefficient (Wildman–Crippen LogP) is 4.76. The molecular formula is C21H16N6. The fraction of sp³-hybridized carbons (Fsp3) is 0. The molecule has 3 heterocycles. The van der Waals surface area contributed by atoms with Crippen molar-refractivity contribution in [2.24, 2.45) is 0 Å². The predicted molar refractivity (Wildman–Crippen MR) is 107 cm³/mol. The number of H-pyrrole nitrogens is 2. The van der Waals surface area contributed by atoms with Crippen molar-refractivity contribution in [1.29, 1.82) is 0 Å². The lowest BCUT2D eigenvalue weighted by Crippen LogP contribution is -1.96. The number of anilines is 2. The Hall–Kier alpha value is -3.93. The Kier molecular flexibility index (Phi) is 3.65. The molecule has 3 aromatic heterocycles. The lowest BCUT2D eigenvalue weighted by Gasteiger charge is -2.08. The Balaban J connectivity index is 1.40. The number of benzene rings is 2. The second kappa shape index (κ2) is 6.42. The van der Waals surface area contributed by atoms with Gasteiger partial charge in [-0.3, -0.25) is 5.10 Å². The van der Waals surface area contributed by atoms with E-state index in [1.807, 2.05) is 42.7 Å². The Labute approximate surface area is 155 Å². The van der Waals surface area contributed by atoms with Crippen LogP contribution in [-0.2, 0) is 0 Å². The minimum Gasteiger partial charge on any atom is -0.361 e. The summed E-state index contributed by atoms with van der Waals surface area (Å²) in [6.07, 6.45) is 7.38. The monoisotopic (exact) mass is 352 g/mol. The molecule has 27 heavy (non-hydrogen) atoms. The van der Waals surface area contributed by atoms with Gasteiger partial charge >= 0.3 is 0 Å². The summed E-state index contributed by atoms with van der Waals surface area (Å²) in [6.45, 7) is 0. The van der Waals surface area contributed by atoms with E-state index >= 15 is 0 Å². The SMILES string of the molecule is c1cc(Nc2ccc(-c3cn[nH]c3)cc2)nc(-c2ccc3cc[nH]c3c2)n1. The maximum atomic E-state index is 4.65. The van der Waals surface area contributed by atoms with E-state index in [4.69, 9.17) is 0 Å². The largest absolute Gasteiger partial charge is 0.361 e. The van der Waals surface area contributed by atoms with Crippen LogP contribution in [-0.4, -0.2) is 25.1 Å². The van der Waals surface area contributed by atoms with E-state index in [9.17, 15) is 0 Å². The van der Waals surface area contributed by atoms with Crippen LogP contribution in [0.3, 0.4) is 0 Å². The van der Waals surface area contributed by atoms with Crippen molar-refractivity contribution in [2.45, 2.75) is 0 Å². The molecule has 0 amide bonds. The lowest BCUT2D eigenvalue weighted by molar-refractivity contribution is 1.09. The van der Waals surface area contributed by atoms with E-state index < -0.39 is 0 Å². The molecule has 0 bridgehead atoms. The molecule has 0 atom stereocenters. The molecule has 130 valence electrons. The normalized spacial score (nSPS) is 11.0. The summed E-state index contributed by atoms with van der Waals surface area (Å²) in [5, 5.41) is 11.3. The van der Waals surface area contributed by atoms with Crippen LogP contribution in [0.15, 0.2) is 79.4 Å². The van der Waals surface area contributed by atoms with Crippen molar-refractivity contribution in [1.82, 2.24) is 25.1 Å². The standard InChI is InChI=1S/C21H16N6/c1-2-16(11-19-15(1)7-9-22-19)21-23-10-8-20(27-21)26-18-5-3-14(4-6-18)17-12-24-25-13-17/h1-13,22H,(H,24,25)(H,23,26,27). The van der Waals surface area contributed by atoms with Crippen LogP contribution in [0.2, 0.25) is 0 Å². The van der Waals surface area contributed by atoms with Crippen molar-refractivity contribution in [2.75, 3.05) is 5.32 Å². The number of hydrogen-bond acceptors (Lipinski definition) is 4. The van der Waals surface area contributed by atoms with Crippen LogP contribution in [0.4, 0.5) is 11.5 Å². The van der Waals surface area contributed by atoms with Crippen LogP contribution in [0, 0.1) is 0 Å². The Morgan fingerprint density at radius 2 is 1.74 bits per heavy atom. The van der Waals surface area contributed by atoms with Crippen molar-refractivity contribution < 1.29 is 0 Å². The molecule has 0 saturated carbocycles. The summed E-state index contributed by atoms with van der Waals surface area (Å²) in [7, 11) is 0. The van der Waals surface area contributed by atoms with Gasteiger partial charge < -0.3 is 10.3 Å². The Morgan fingerprint density at radius 1 is 0.852 bits per heavy atom. The third kappa shape index (κ3) is 3.04. The average Bonchev–Trinajstić information content (AvgIpc) is 3.40. The van der Waals surface area contributed by atoms with Gasteiger partial charge in [0, 0.05) is 40.9 Å². The van der Waals surface area contributed by atoms with Crippen LogP contribution in [0.25, 0.3) is 33.4 Å². The van der Waals surface area contributed by atoms with Crippen molar-refractivity contribution in [3.05, 3.63) is 79.4 Å². The lowest BCUT2D eigenvalue weighted by atomic mass is 10.1. The summed E-state index contributed by atoms with van der Waals surface area (Å²) in [5.41, 5.74) is 5.18. The fourth-order valence-electron chi connectivity index (χ4n) is 3.06. The number of aromatic amines is 2. The van der Waals surface area contributed by atoms with Gasteiger partial charge in [-0.1, -0.05) is 24.3 Å². The van der Waals surface area contributed by atoms with Crippen LogP contribution >= 0.6 is 0 Å². The number of fused-ring (bicyclic) bond motifs is 1. The third-order valence-electron chi connectivity index (χ3n) is 4.46. The van der Waals surface area contributed by atoms with Gasteiger partial charge in [0.05, 0.1) is 6.20 Å². The zero-order chi connectivity index (χ0) is 18.1. The van der Waals surface area contributed by atoms with E-state index in [-0.39, 0.29) is 0 Å². The molecule has 5 aromatic rings. The van der Waals surface area contributed by atoms with Gasteiger partial charge in [0.1, 0.15) is 5.82 Å². The Morgan fingerprint density at radius 3 is 2.59 bits per heavy atom. The summed E-state index contributed by atoms with van der Waals surface area (Å²) in [4.78, 5) is 12.3. The maximum Gasteiger partial charge on any atom is 0.161 e. The fourth-order valence-corrected chi connectivity index (χ4v) is 3.06. The minimum absolute atomic E-state index is 0.687. The Bertz CT molecular complexity index is 1190. The molecule has 0 saturated heterocycles. The minimum atomic E-state index is 0.687. The second-order valence-electron chi connectivity index (χ2n) is 6.23. The zero-order valence-corrected chi connectivity index (χ0v) is 14.3. The maximum absolute atomic E-state index is 4.65. The number of aromatic nitrogens is 5. The van der Waals surface area contributed by atoms with Crippen LogP contribution in [0.1, 0.15) is 0 Å². The number of hydrogen-bond donors (Lipinski definition) is 3. The molecule has 0 unspecified atom stereocenters. The third-order valence-corrected chi connectivity index (χ3v) is 4.46. The highest BCUT2D eigenvalue weighted by atomic mass is 15.1. The molecule has 0 spiro atoms. The highest BCUT2D eigenvalue weighted by molar-refractivity contribution is 5.83. The molecule has 5 rings (SSSR count). The van der Waals surface area contributed by atoms with Crippen LogP contribution in [0.5, 0.6) is 0 Å². The average molecular weight is 352 g/mol. The first kappa shape index (κ1) is 15.3. The zero-order valence-electron chi connectivity index (χ0n) is 14.3. The molecule has 6 heteroatoms. The van der Waals surface area contributed by atoms with Gasteiger partial charge in [-0.15, -0.1) is 0 Å². The van der Waals surface area contributed by atoms with Gasteiger partial charge in [-0.2, -0.15) is 5.10 Å². The quantitative estimate of drug-likeness (QED) is 0.435. The van der Waals surface area contributed by atoms with Crippen LogP contribution < -0.4 is 5.32 Å². The van der Waals surface area contributed by atoms with Gasteiger partial charge in [-0.25, -0.2) is 9.97 Å². The first-order chi connectivity index (χ1) is 13.3. The molecule has 0 radical (unpaired) electrons. The second-order valence-corrected chi connectivity index (χ2v) is 6.23. The number of rotatable bonds is 4. The van der Waals surface area contributed by atoms with E-state index in [1.165, 1.54) is 5.39 Å². The highest BCUT2D eigenvalue weighted by Gasteiger charge is 2.06. The molecule has 0 aliphatic heterocycles. The molecule has 2 aromatic carbocycles. The number of nitrogens with zero attached hydrogens (tertiary/aromatic N) is 3. The number of nitrogens with one attached hydrogen (secondary N) is 3. The van der Waals surface area contributed by atoms with Crippen molar-refractivity contribution in [3.63, 3.8) is 0 Å². The van der Waals surface area contributed by atoms with Crippen molar-refractivity contribution in [3.8, 4) is 22.5 Å². The first-order valence-corrected chi connectivity index (χ1v) is 8.62. The summed E-state index contributed by atoms with van der Waals surface area (Å²) >= 11 is 0. The molecule has 6 nitrogen and oxygen atoms in total. The molecule has 0 aliphatic carbocycles. The molecular weight excluding hydrogens is 336 g/mol. The summed E-state index contributed by atoms with van der Waals surface area (Å²) in [6, 6.07) is 18.2. The smallest absolute Gasteiger partial charge is 0.161 e. The van der Waals surface area contributed by atoms with Gasteiger partial charge in [-0.05, 0) is 41.3 Å². The van der Waals surface area contributed by atoms with E-state index in [0.29, 0.717) is 5.82 Å². The van der Waals surface area contributed by atoms with Gasteiger partial charge in [0.25, 0.3) is 0 Å². The topological polar surface area (TPSA) is 82.3 Å². The van der Waals surface area contributed by atoms with E-state index in [0.717, 1.165) is 33.7 Å². The molecule has 0 fully saturated rings. The summed E-state index contributed by atoms with van der Waals surface area (Å²) < 4.78 is 0. The van der Waals surface area contributed by atoms with Gasteiger partial charge in [0.15, 0.2) is 5.82 Å². The van der Waals surface area contributed by atoms with E-state index in [2.05, 4.69) is 54.7 Å². The molecule has 3 N–H and O–H groups in total. The van der Waals surface area contributed by atoms with Crippen molar-refractivity contribution >= 4 is 22.4 Å². The highest BCUT2D eigenvalue weighted by Crippen LogP contribution is 2.24. The summed E-state index contributed by atoms with van der Waals surface area (Å²) in [5.74, 6) is 1.44. The molecule has 0 aliphatic rings. The van der Waals surface area contributed by atoms with E-state index in [1.54, 1.807) is 12.4 Å². The van der Waals surface area contributed by atoms with Gasteiger partial charge in [0.2, 0.25) is 0 Å².